The van der Waals surface area contributed by atoms with Crippen LogP contribution in [0.5, 0.6) is 0 Å². The fourth-order valence-electron chi connectivity index (χ4n) is 0.365. The molecule has 0 rings (SSSR count). The topological polar surface area (TPSA) is 27.7 Å². The van der Waals surface area contributed by atoms with Gasteiger partial charge in [0.05, 0.1) is 5.60 Å². The van der Waals surface area contributed by atoms with Crippen LogP contribution in [0.15, 0.2) is 0 Å². The quantitative estimate of drug-likeness (QED) is 0.215. The van der Waals surface area contributed by atoms with Crippen LogP contribution in [0.1, 0.15) is 20.8 Å². The van der Waals surface area contributed by atoms with Crippen LogP contribution in [-0.2, 0) is 14.2 Å². The molecule has 0 unspecified atom stereocenters. The van der Waals surface area contributed by atoms with Crippen LogP contribution in [-0.4, -0.2) is 21.4 Å². The van der Waals surface area contributed by atoms with Crippen molar-refractivity contribution in [3.63, 3.8) is 0 Å². The number of rotatable bonds is 4. The molecule has 68 valence electrons. The molecule has 11 heavy (non-hydrogen) atoms. The predicted octanol–water partition coefficient (Wildman–Crippen LogP) is 1.69. The largest absolute Gasteiger partial charge is 0.396 e. The van der Waals surface area contributed by atoms with Crippen molar-refractivity contribution in [1.29, 1.82) is 0 Å². The minimum absolute atomic E-state index is 0.248. The molecular formula is C7H18O3Si. The second-order valence-corrected chi connectivity index (χ2v) is 6.08. The monoisotopic (exact) mass is 178 g/mol. The number of hydrogen-bond donors (Lipinski definition) is 0. The van der Waals surface area contributed by atoms with Gasteiger partial charge in [-0.3, -0.25) is 0 Å². The second kappa shape index (κ2) is 4.87. The summed E-state index contributed by atoms with van der Waals surface area (Å²) in [5, 5.41) is 0. The van der Waals surface area contributed by atoms with Crippen molar-refractivity contribution < 1.29 is 14.2 Å². The van der Waals surface area contributed by atoms with Crippen molar-refractivity contribution in [2.45, 2.75) is 39.5 Å². The van der Waals surface area contributed by atoms with Gasteiger partial charge in [0, 0.05) is 0 Å². The lowest BCUT2D eigenvalue weighted by atomic mass is 10.2. The molecule has 3 nitrogen and oxygen atoms in total. The van der Waals surface area contributed by atoms with Crippen LogP contribution in [0.2, 0.25) is 13.1 Å². The van der Waals surface area contributed by atoms with Crippen LogP contribution in [0.25, 0.3) is 0 Å². The summed E-state index contributed by atoms with van der Waals surface area (Å²) in [6.07, 6.45) is 0. The number of hydrogen-bond acceptors (Lipinski definition) is 3. The van der Waals surface area contributed by atoms with Gasteiger partial charge in [-0.1, -0.05) is 0 Å². The van der Waals surface area contributed by atoms with Crippen LogP contribution < -0.4 is 0 Å². The molecule has 0 aromatic heterocycles. The fraction of sp³-hybridized carbons (Fsp3) is 1.00. The molecule has 4 heteroatoms. The molecule has 0 aliphatic rings. The zero-order valence-electron chi connectivity index (χ0n) is 8.01. The summed E-state index contributed by atoms with van der Waals surface area (Å²) in [4.78, 5) is 9.80. The Kier molecular flexibility index (Phi) is 4.91. The zero-order chi connectivity index (χ0) is 8.91. The highest BCUT2D eigenvalue weighted by molar-refractivity contribution is 6.48. The first-order valence-corrected chi connectivity index (χ1v) is 6.62. The van der Waals surface area contributed by atoms with Crippen molar-refractivity contribution in [3.8, 4) is 0 Å². The standard InChI is InChI=1S/C7H18O3Si/c1-7(2,3)10-8-6-9-11(4)5/h11H,6H2,1-5H3. The summed E-state index contributed by atoms with van der Waals surface area (Å²) in [6.45, 7) is 10.2. The van der Waals surface area contributed by atoms with Crippen LogP contribution in [0, 0.1) is 0 Å². The van der Waals surface area contributed by atoms with E-state index in [1.54, 1.807) is 0 Å². The Morgan fingerprint density at radius 2 is 1.73 bits per heavy atom. The molecule has 0 atom stereocenters. The molecule has 0 aromatic carbocycles. The lowest BCUT2D eigenvalue weighted by Crippen LogP contribution is -2.21. The van der Waals surface area contributed by atoms with E-state index in [2.05, 4.69) is 13.1 Å². The maximum atomic E-state index is 5.23. The molecule has 0 spiro atoms. The minimum Gasteiger partial charge on any atom is -0.396 e. The van der Waals surface area contributed by atoms with E-state index in [1.165, 1.54) is 0 Å². The molecule has 0 aliphatic carbocycles. The molecule has 0 aromatic rings. The van der Waals surface area contributed by atoms with Crippen molar-refractivity contribution in [3.05, 3.63) is 0 Å². The third-order valence-corrected chi connectivity index (χ3v) is 1.56. The highest BCUT2D eigenvalue weighted by Gasteiger charge is 2.11. The van der Waals surface area contributed by atoms with E-state index >= 15 is 0 Å². The van der Waals surface area contributed by atoms with Crippen molar-refractivity contribution in [2.75, 3.05) is 6.79 Å². The fourth-order valence-corrected chi connectivity index (χ4v) is 0.692. The van der Waals surface area contributed by atoms with E-state index in [-0.39, 0.29) is 12.4 Å². The van der Waals surface area contributed by atoms with E-state index < -0.39 is 9.04 Å². The van der Waals surface area contributed by atoms with E-state index in [4.69, 9.17) is 14.2 Å². The van der Waals surface area contributed by atoms with Crippen molar-refractivity contribution >= 4 is 9.04 Å². The van der Waals surface area contributed by atoms with Gasteiger partial charge in [-0.25, -0.2) is 9.78 Å². The van der Waals surface area contributed by atoms with Gasteiger partial charge in [-0.15, -0.1) is 0 Å². The average molecular weight is 178 g/mol. The van der Waals surface area contributed by atoms with Gasteiger partial charge < -0.3 is 4.43 Å². The Labute approximate surface area is 70.3 Å². The second-order valence-electron chi connectivity index (χ2n) is 3.65. The molecule has 0 amide bonds. The summed E-state index contributed by atoms with van der Waals surface area (Å²) >= 11 is 0. The molecule has 0 N–H and O–H groups in total. The molecule has 0 aliphatic heterocycles. The predicted molar refractivity (Wildman–Crippen MR) is 46.8 cm³/mol. The van der Waals surface area contributed by atoms with Gasteiger partial charge in [0.15, 0.2) is 15.8 Å². The average Bonchev–Trinajstić information content (AvgIpc) is 1.78. The Balaban J connectivity index is 3.15. The van der Waals surface area contributed by atoms with Gasteiger partial charge in [0.2, 0.25) is 0 Å². The molecule has 0 bridgehead atoms. The first kappa shape index (κ1) is 11.1. The Morgan fingerprint density at radius 1 is 1.18 bits per heavy atom. The van der Waals surface area contributed by atoms with Crippen molar-refractivity contribution in [1.82, 2.24) is 0 Å². The maximum Gasteiger partial charge on any atom is 0.174 e. The van der Waals surface area contributed by atoms with Gasteiger partial charge in [0.1, 0.15) is 0 Å². The highest BCUT2D eigenvalue weighted by Crippen LogP contribution is 2.06. The van der Waals surface area contributed by atoms with E-state index in [0.717, 1.165) is 0 Å². The molecule has 0 saturated carbocycles. The van der Waals surface area contributed by atoms with Gasteiger partial charge in [-0.2, -0.15) is 0 Å². The lowest BCUT2D eigenvalue weighted by molar-refractivity contribution is -0.371. The van der Waals surface area contributed by atoms with E-state index in [1.807, 2.05) is 20.8 Å². The summed E-state index contributed by atoms with van der Waals surface area (Å²) in [6, 6.07) is 0. The summed E-state index contributed by atoms with van der Waals surface area (Å²) in [5.41, 5.74) is -0.248. The molecule has 0 heterocycles. The Hall–Kier alpha value is 0.0969. The van der Waals surface area contributed by atoms with Gasteiger partial charge in [-0.05, 0) is 33.9 Å². The Bertz CT molecular complexity index is 98.3. The SMILES string of the molecule is C[SiH](C)OCOOC(C)(C)C. The molecule has 0 saturated heterocycles. The van der Waals surface area contributed by atoms with Gasteiger partial charge >= 0.3 is 0 Å². The molecule has 0 fully saturated rings. The lowest BCUT2D eigenvalue weighted by Gasteiger charge is -2.17. The van der Waals surface area contributed by atoms with Crippen molar-refractivity contribution in [2.24, 2.45) is 0 Å². The van der Waals surface area contributed by atoms with E-state index in [9.17, 15) is 0 Å². The van der Waals surface area contributed by atoms with Crippen LogP contribution in [0.4, 0.5) is 0 Å². The minimum atomic E-state index is -0.961. The first-order valence-electron chi connectivity index (χ1n) is 3.84. The van der Waals surface area contributed by atoms with Crippen LogP contribution in [0.3, 0.4) is 0 Å². The summed E-state index contributed by atoms with van der Waals surface area (Å²) in [5.74, 6) is 0. The third kappa shape index (κ3) is 10.1. The van der Waals surface area contributed by atoms with Gasteiger partial charge in [0.25, 0.3) is 0 Å². The summed E-state index contributed by atoms with van der Waals surface area (Å²) < 4.78 is 5.23. The maximum absolute atomic E-state index is 5.23. The van der Waals surface area contributed by atoms with E-state index in [0.29, 0.717) is 0 Å². The normalized spacial score (nSPS) is 12.5. The molecule has 0 radical (unpaired) electrons. The zero-order valence-corrected chi connectivity index (χ0v) is 9.16. The highest BCUT2D eigenvalue weighted by atomic mass is 28.3. The smallest absolute Gasteiger partial charge is 0.174 e. The first-order chi connectivity index (χ1) is 4.92. The Morgan fingerprint density at radius 3 is 2.09 bits per heavy atom. The van der Waals surface area contributed by atoms with Crippen LogP contribution >= 0.6 is 0 Å². The summed E-state index contributed by atoms with van der Waals surface area (Å²) in [7, 11) is -0.961. The third-order valence-electron chi connectivity index (χ3n) is 0.758. The molecular weight excluding hydrogens is 160 g/mol.